The van der Waals surface area contributed by atoms with Crippen LogP contribution in [0.3, 0.4) is 0 Å². The van der Waals surface area contributed by atoms with E-state index in [0.717, 1.165) is 26.9 Å². The molecule has 1 aliphatic heterocycles. The van der Waals surface area contributed by atoms with E-state index in [0.29, 0.717) is 34.6 Å². The summed E-state index contributed by atoms with van der Waals surface area (Å²) in [5.41, 5.74) is 3.75. The fraction of sp³-hybridized carbons (Fsp3) is 0.300. The van der Waals surface area contributed by atoms with Gasteiger partial charge in [-0.1, -0.05) is 35.1 Å². The summed E-state index contributed by atoms with van der Waals surface area (Å²) in [5.74, 6) is 0.986. The van der Waals surface area contributed by atoms with Gasteiger partial charge in [-0.15, -0.1) is 11.3 Å². The Bertz CT molecular complexity index is 1080. The van der Waals surface area contributed by atoms with Crippen LogP contribution in [0.25, 0.3) is 11.3 Å². The van der Waals surface area contributed by atoms with Gasteiger partial charge >= 0.3 is 0 Å². The fourth-order valence-electron chi connectivity index (χ4n) is 3.05. The van der Waals surface area contributed by atoms with Crippen LogP contribution in [-0.2, 0) is 11.2 Å². The van der Waals surface area contributed by atoms with Gasteiger partial charge in [0.2, 0.25) is 5.91 Å². The maximum atomic E-state index is 12.2. The first-order valence-electron chi connectivity index (χ1n) is 9.20. The molecule has 6 nitrogen and oxygen atoms in total. The number of rotatable bonds is 7. The average molecular weight is 479 g/mol. The van der Waals surface area contributed by atoms with Crippen LogP contribution in [0, 0.1) is 6.92 Å². The van der Waals surface area contributed by atoms with Crippen LogP contribution < -0.4 is 10.1 Å². The number of nitrogens with zero attached hydrogens (tertiary/aromatic N) is 3. The number of hydrogen-bond acceptors (Lipinski definition) is 8. The first kappa shape index (κ1) is 21.4. The molecule has 10 heteroatoms. The van der Waals surface area contributed by atoms with Gasteiger partial charge in [-0.25, -0.2) is 15.0 Å². The molecule has 0 saturated heterocycles. The standard InChI is InChI=1S/C20H19ClN4O2S3/c1-11-9-29-20(24-11)30-10-17(26)23-8-14-6-13-5-12(7-15(21)18(13)27-14)16-3-4-22-19(25-16)28-2/h3-5,7,9,14H,6,8,10H2,1-2H3,(H,23,26). The summed E-state index contributed by atoms with van der Waals surface area (Å²) in [6, 6.07) is 5.78. The molecule has 0 spiro atoms. The number of hydrogen-bond donors (Lipinski definition) is 1. The Kier molecular flexibility index (Phi) is 6.82. The second-order valence-electron chi connectivity index (χ2n) is 6.67. The Hall–Kier alpha value is -1.81. The Morgan fingerprint density at radius 1 is 1.40 bits per heavy atom. The number of fused-ring (bicyclic) bond motifs is 1. The van der Waals surface area contributed by atoms with E-state index in [1.165, 1.54) is 23.5 Å². The number of aryl methyl sites for hydroxylation is 1. The lowest BCUT2D eigenvalue weighted by Crippen LogP contribution is -2.35. The zero-order chi connectivity index (χ0) is 21.1. The third-order valence-electron chi connectivity index (χ3n) is 4.42. The van der Waals surface area contributed by atoms with Crippen LogP contribution in [-0.4, -0.2) is 45.5 Å². The summed E-state index contributed by atoms with van der Waals surface area (Å²) in [7, 11) is 0. The van der Waals surface area contributed by atoms with Crippen molar-refractivity contribution in [3.63, 3.8) is 0 Å². The predicted octanol–water partition coefficient (Wildman–Crippen LogP) is 4.50. The van der Waals surface area contributed by atoms with E-state index in [4.69, 9.17) is 16.3 Å². The third kappa shape index (κ3) is 5.08. The first-order valence-corrected chi connectivity index (χ1v) is 12.7. The molecule has 1 amide bonds. The Morgan fingerprint density at radius 2 is 2.27 bits per heavy atom. The molecular weight excluding hydrogens is 460 g/mol. The number of halogens is 1. The lowest BCUT2D eigenvalue weighted by molar-refractivity contribution is -0.118. The molecule has 3 heterocycles. The molecule has 30 heavy (non-hydrogen) atoms. The summed E-state index contributed by atoms with van der Waals surface area (Å²) < 4.78 is 6.89. The van der Waals surface area contributed by atoms with Crippen LogP contribution in [0.1, 0.15) is 11.3 Å². The summed E-state index contributed by atoms with van der Waals surface area (Å²) in [6.45, 7) is 2.37. The summed E-state index contributed by atoms with van der Waals surface area (Å²) in [4.78, 5) is 25.3. The van der Waals surface area contributed by atoms with E-state index in [1.54, 1.807) is 17.5 Å². The summed E-state index contributed by atoms with van der Waals surface area (Å²) in [5, 5.41) is 6.19. The number of nitrogens with one attached hydrogen (secondary N) is 1. The van der Waals surface area contributed by atoms with E-state index >= 15 is 0 Å². The SMILES string of the molecule is CSc1nccc(-c2cc(Cl)c3c(c2)CC(CNC(=O)CSc2nc(C)cs2)O3)n1. The third-order valence-corrected chi connectivity index (χ3v) is 7.40. The monoisotopic (exact) mass is 478 g/mol. The van der Waals surface area contributed by atoms with E-state index < -0.39 is 0 Å². The average Bonchev–Trinajstić information content (AvgIpc) is 3.36. The maximum Gasteiger partial charge on any atom is 0.230 e. The quantitative estimate of drug-likeness (QED) is 0.395. The van der Waals surface area contributed by atoms with Gasteiger partial charge < -0.3 is 10.1 Å². The summed E-state index contributed by atoms with van der Waals surface area (Å²) in [6.07, 6.45) is 4.23. The molecule has 0 radical (unpaired) electrons. The van der Waals surface area contributed by atoms with Gasteiger partial charge in [-0.05, 0) is 31.4 Å². The Morgan fingerprint density at radius 3 is 3.03 bits per heavy atom. The second kappa shape index (κ2) is 9.55. The molecule has 1 N–H and O–H groups in total. The van der Waals surface area contributed by atoms with E-state index in [9.17, 15) is 4.79 Å². The van der Waals surface area contributed by atoms with Crippen molar-refractivity contribution in [2.24, 2.45) is 0 Å². The lowest BCUT2D eigenvalue weighted by Gasteiger charge is -2.12. The van der Waals surface area contributed by atoms with Crippen molar-refractivity contribution in [1.29, 1.82) is 0 Å². The van der Waals surface area contributed by atoms with Gasteiger partial charge in [0, 0.05) is 34.8 Å². The highest BCUT2D eigenvalue weighted by atomic mass is 35.5. The number of amides is 1. The number of benzene rings is 1. The molecule has 0 fully saturated rings. The molecular formula is C20H19ClN4O2S3. The largest absolute Gasteiger partial charge is 0.486 e. The minimum atomic E-state index is -0.143. The van der Waals surface area contributed by atoms with Gasteiger partial charge in [0.15, 0.2) is 9.50 Å². The lowest BCUT2D eigenvalue weighted by atomic mass is 10.0. The Balaban J connectivity index is 1.35. The first-order chi connectivity index (χ1) is 14.5. The number of carbonyl (C=O) groups excluding carboxylic acids is 1. The molecule has 0 aliphatic carbocycles. The molecule has 1 aromatic carbocycles. The molecule has 4 rings (SSSR count). The molecule has 1 unspecified atom stereocenters. The van der Waals surface area contributed by atoms with Crippen LogP contribution in [0.15, 0.2) is 39.3 Å². The number of thiazole rings is 1. The Labute approximate surface area is 192 Å². The van der Waals surface area contributed by atoms with E-state index in [1.807, 2.05) is 30.7 Å². The molecule has 2 aromatic heterocycles. The fourth-order valence-corrected chi connectivity index (χ4v) is 5.37. The minimum absolute atomic E-state index is 0.0372. The van der Waals surface area contributed by atoms with Crippen LogP contribution in [0.4, 0.5) is 0 Å². The van der Waals surface area contributed by atoms with Crippen LogP contribution in [0.5, 0.6) is 5.75 Å². The van der Waals surface area contributed by atoms with Crippen molar-refractivity contribution < 1.29 is 9.53 Å². The van der Waals surface area contributed by atoms with Gasteiger partial charge in [-0.3, -0.25) is 4.79 Å². The highest BCUT2D eigenvalue weighted by Crippen LogP contribution is 2.39. The zero-order valence-electron chi connectivity index (χ0n) is 16.3. The number of aromatic nitrogens is 3. The molecule has 1 aliphatic rings. The summed E-state index contributed by atoms with van der Waals surface area (Å²) >= 11 is 11.0. The maximum absolute atomic E-state index is 12.2. The van der Waals surface area contributed by atoms with Gasteiger partial charge in [0.05, 0.1) is 23.0 Å². The highest BCUT2D eigenvalue weighted by Gasteiger charge is 2.26. The van der Waals surface area contributed by atoms with Crippen molar-refractivity contribution in [2.45, 2.75) is 28.9 Å². The molecule has 0 saturated carbocycles. The highest BCUT2D eigenvalue weighted by molar-refractivity contribution is 8.01. The molecule has 3 aromatic rings. The van der Waals surface area contributed by atoms with Gasteiger partial charge in [0.1, 0.15) is 11.9 Å². The number of thioether (sulfide) groups is 2. The number of carbonyl (C=O) groups is 1. The van der Waals surface area contributed by atoms with Crippen molar-refractivity contribution in [1.82, 2.24) is 20.3 Å². The number of ether oxygens (including phenoxy) is 1. The smallest absolute Gasteiger partial charge is 0.230 e. The molecule has 0 bridgehead atoms. The zero-order valence-corrected chi connectivity index (χ0v) is 19.6. The van der Waals surface area contributed by atoms with Crippen LogP contribution in [0.2, 0.25) is 5.02 Å². The second-order valence-corrected chi connectivity index (χ2v) is 9.93. The topological polar surface area (TPSA) is 77.0 Å². The minimum Gasteiger partial charge on any atom is -0.486 e. The molecule has 1 atom stereocenters. The van der Waals surface area contributed by atoms with Gasteiger partial charge in [-0.2, -0.15) is 0 Å². The van der Waals surface area contributed by atoms with Crippen molar-refractivity contribution in [3.8, 4) is 17.0 Å². The van der Waals surface area contributed by atoms with Crippen molar-refractivity contribution in [2.75, 3.05) is 18.6 Å². The van der Waals surface area contributed by atoms with E-state index in [2.05, 4.69) is 26.3 Å². The normalized spacial score (nSPS) is 15.0. The van der Waals surface area contributed by atoms with Gasteiger partial charge in [0.25, 0.3) is 0 Å². The van der Waals surface area contributed by atoms with E-state index in [-0.39, 0.29) is 12.0 Å². The van der Waals surface area contributed by atoms with Crippen molar-refractivity contribution in [3.05, 3.63) is 46.1 Å². The molecule has 156 valence electrons. The predicted molar refractivity (Wildman–Crippen MR) is 123 cm³/mol. The van der Waals surface area contributed by atoms with Crippen LogP contribution >= 0.6 is 46.5 Å². The van der Waals surface area contributed by atoms with Crippen molar-refractivity contribution >= 4 is 52.4 Å².